The highest BCUT2D eigenvalue weighted by atomic mass is 19.4. The standard InChI is InChI=1S/C23H19F3N2O/c1-13-4-7-18(8-5-13)28-14(2)10-16(15(28)3)11-20-19-9-6-17(23(24,25)26)12-21(19)27-22(20)29/h4-12H,1-3H3,(H,27,29)/b20-11+. The van der Waals surface area contributed by atoms with Crippen LogP contribution in [0.5, 0.6) is 0 Å². The average Bonchev–Trinajstić information content (AvgIpc) is 3.11. The third-order valence-corrected chi connectivity index (χ3v) is 5.19. The van der Waals surface area contributed by atoms with E-state index in [0.29, 0.717) is 11.1 Å². The van der Waals surface area contributed by atoms with Crippen LogP contribution in [0.4, 0.5) is 18.9 Å². The molecule has 0 fully saturated rings. The predicted octanol–water partition coefficient (Wildman–Crippen LogP) is 5.91. The van der Waals surface area contributed by atoms with Gasteiger partial charge < -0.3 is 9.88 Å². The summed E-state index contributed by atoms with van der Waals surface area (Å²) in [4.78, 5) is 12.4. The summed E-state index contributed by atoms with van der Waals surface area (Å²) in [5, 5.41) is 2.54. The fourth-order valence-electron chi connectivity index (χ4n) is 3.69. The summed E-state index contributed by atoms with van der Waals surface area (Å²) in [7, 11) is 0. The van der Waals surface area contributed by atoms with Crippen molar-refractivity contribution in [3.05, 3.63) is 82.2 Å². The third kappa shape index (κ3) is 3.35. The minimum absolute atomic E-state index is 0.184. The van der Waals surface area contributed by atoms with Gasteiger partial charge in [0.1, 0.15) is 0 Å². The quantitative estimate of drug-likeness (QED) is 0.537. The summed E-state index contributed by atoms with van der Waals surface area (Å²) < 4.78 is 41.0. The maximum absolute atomic E-state index is 13.0. The Labute approximate surface area is 166 Å². The Morgan fingerprint density at radius 1 is 0.966 bits per heavy atom. The second-order valence-electron chi connectivity index (χ2n) is 7.27. The zero-order valence-corrected chi connectivity index (χ0v) is 16.2. The van der Waals surface area contributed by atoms with Gasteiger partial charge >= 0.3 is 6.18 Å². The van der Waals surface area contributed by atoms with Crippen molar-refractivity contribution in [2.75, 3.05) is 5.32 Å². The highest BCUT2D eigenvalue weighted by molar-refractivity contribution is 6.35. The molecule has 148 valence electrons. The van der Waals surface area contributed by atoms with Crippen molar-refractivity contribution in [1.29, 1.82) is 0 Å². The lowest BCUT2D eigenvalue weighted by molar-refractivity contribution is -0.137. The van der Waals surface area contributed by atoms with Crippen molar-refractivity contribution in [3.8, 4) is 5.69 Å². The van der Waals surface area contributed by atoms with Crippen molar-refractivity contribution >= 4 is 23.2 Å². The number of anilines is 1. The smallest absolute Gasteiger partial charge is 0.321 e. The normalized spacial score (nSPS) is 15.0. The number of rotatable bonds is 2. The first-order valence-electron chi connectivity index (χ1n) is 9.16. The number of carbonyl (C=O) groups excluding carboxylic acids is 1. The minimum atomic E-state index is -4.45. The lowest BCUT2D eigenvalue weighted by Gasteiger charge is -2.10. The zero-order chi connectivity index (χ0) is 20.9. The van der Waals surface area contributed by atoms with E-state index in [9.17, 15) is 18.0 Å². The van der Waals surface area contributed by atoms with Crippen molar-refractivity contribution in [1.82, 2.24) is 4.57 Å². The number of hydrogen-bond acceptors (Lipinski definition) is 1. The van der Waals surface area contributed by atoms with Crippen molar-refractivity contribution < 1.29 is 18.0 Å². The Kier molecular flexibility index (Phi) is 4.37. The minimum Gasteiger partial charge on any atom is -0.321 e. The summed E-state index contributed by atoms with van der Waals surface area (Å²) in [5.41, 5.74) is 5.22. The summed E-state index contributed by atoms with van der Waals surface area (Å²) in [5.74, 6) is -0.403. The van der Waals surface area contributed by atoms with Gasteiger partial charge in [-0.3, -0.25) is 4.79 Å². The van der Waals surface area contributed by atoms with Crippen LogP contribution in [0.3, 0.4) is 0 Å². The van der Waals surface area contributed by atoms with E-state index in [1.807, 2.05) is 51.1 Å². The maximum atomic E-state index is 13.0. The van der Waals surface area contributed by atoms with Gasteiger partial charge in [-0.1, -0.05) is 23.8 Å². The second kappa shape index (κ2) is 6.65. The lowest BCUT2D eigenvalue weighted by atomic mass is 10.0. The van der Waals surface area contributed by atoms with Gasteiger partial charge in [-0.25, -0.2) is 0 Å². The van der Waals surface area contributed by atoms with Crippen LogP contribution in [-0.4, -0.2) is 10.5 Å². The molecule has 2 aromatic carbocycles. The van der Waals surface area contributed by atoms with E-state index in [0.717, 1.165) is 40.3 Å². The summed E-state index contributed by atoms with van der Waals surface area (Å²) in [6.45, 7) is 5.96. The highest BCUT2D eigenvalue weighted by Gasteiger charge is 2.33. The number of hydrogen-bond donors (Lipinski definition) is 1. The largest absolute Gasteiger partial charge is 0.416 e. The van der Waals surface area contributed by atoms with E-state index in [1.54, 1.807) is 6.08 Å². The van der Waals surface area contributed by atoms with Crippen molar-refractivity contribution in [3.63, 3.8) is 0 Å². The number of nitrogens with zero attached hydrogens (tertiary/aromatic N) is 1. The average molecular weight is 396 g/mol. The van der Waals surface area contributed by atoms with Crippen LogP contribution in [0.1, 0.15) is 33.6 Å². The van der Waals surface area contributed by atoms with Gasteiger partial charge in [-0.2, -0.15) is 13.2 Å². The monoisotopic (exact) mass is 396 g/mol. The van der Waals surface area contributed by atoms with E-state index in [2.05, 4.69) is 9.88 Å². The number of aryl methyl sites for hydroxylation is 2. The van der Waals surface area contributed by atoms with Crippen molar-refractivity contribution in [2.45, 2.75) is 26.9 Å². The molecule has 6 heteroatoms. The molecule has 0 radical (unpaired) electrons. The molecule has 2 heterocycles. The van der Waals surface area contributed by atoms with E-state index in [-0.39, 0.29) is 5.69 Å². The fourth-order valence-corrected chi connectivity index (χ4v) is 3.69. The molecular formula is C23H19F3N2O. The van der Waals surface area contributed by atoms with Crippen LogP contribution in [0, 0.1) is 20.8 Å². The van der Waals surface area contributed by atoms with Gasteiger partial charge in [-0.05, 0) is 62.7 Å². The molecule has 1 aliphatic heterocycles. The van der Waals surface area contributed by atoms with E-state index in [1.165, 1.54) is 6.07 Å². The topological polar surface area (TPSA) is 34.0 Å². The highest BCUT2D eigenvalue weighted by Crippen LogP contribution is 2.38. The molecule has 1 amide bonds. The molecule has 1 aliphatic rings. The van der Waals surface area contributed by atoms with Crippen LogP contribution in [0.25, 0.3) is 17.3 Å². The van der Waals surface area contributed by atoms with E-state index < -0.39 is 17.6 Å². The molecule has 0 atom stereocenters. The first-order valence-corrected chi connectivity index (χ1v) is 9.16. The van der Waals surface area contributed by atoms with E-state index >= 15 is 0 Å². The van der Waals surface area contributed by atoms with E-state index in [4.69, 9.17) is 0 Å². The van der Waals surface area contributed by atoms with Crippen LogP contribution in [0.2, 0.25) is 0 Å². The molecule has 0 bridgehead atoms. The molecule has 29 heavy (non-hydrogen) atoms. The molecule has 4 rings (SSSR count). The molecular weight excluding hydrogens is 377 g/mol. The SMILES string of the molecule is Cc1ccc(-n2c(C)cc(/C=C3/C(=O)Nc4cc(C(F)(F)F)ccc43)c2C)cc1. The molecule has 3 aromatic rings. The Bertz CT molecular complexity index is 1150. The number of fused-ring (bicyclic) bond motifs is 1. The Morgan fingerprint density at radius 2 is 1.66 bits per heavy atom. The van der Waals surface area contributed by atoms with Crippen LogP contribution < -0.4 is 5.32 Å². The number of carbonyl (C=O) groups is 1. The molecule has 1 aromatic heterocycles. The Hall–Kier alpha value is -3.28. The van der Waals surface area contributed by atoms with Gasteiger partial charge in [0.2, 0.25) is 0 Å². The number of alkyl halides is 3. The van der Waals surface area contributed by atoms with Gasteiger partial charge in [0.05, 0.1) is 5.56 Å². The molecule has 0 aliphatic carbocycles. The van der Waals surface area contributed by atoms with Crippen molar-refractivity contribution in [2.24, 2.45) is 0 Å². The molecule has 0 saturated heterocycles. The fraction of sp³-hybridized carbons (Fsp3) is 0.174. The molecule has 3 nitrogen and oxygen atoms in total. The van der Waals surface area contributed by atoms with Gasteiger partial charge in [0.15, 0.2) is 0 Å². The Balaban J connectivity index is 1.78. The van der Waals surface area contributed by atoms with Gasteiger partial charge in [-0.15, -0.1) is 0 Å². The summed E-state index contributed by atoms with van der Waals surface area (Å²) in [6.07, 6.45) is -2.72. The van der Waals surface area contributed by atoms with Crippen LogP contribution in [0.15, 0.2) is 48.5 Å². The van der Waals surface area contributed by atoms with Gasteiger partial charge in [0.25, 0.3) is 5.91 Å². The molecule has 0 saturated carbocycles. The zero-order valence-electron chi connectivity index (χ0n) is 16.2. The summed E-state index contributed by atoms with van der Waals surface area (Å²) >= 11 is 0. The molecule has 0 unspecified atom stereocenters. The number of benzene rings is 2. The van der Waals surface area contributed by atoms with Crippen LogP contribution >= 0.6 is 0 Å². The lowest BCUT2D eigenvalue weighted by Crippen LogP contribution is -2.06. The van der Waals surface area contributed by atoms with Gasteiger partial charge in [0, 0.05) is 33.9 Å². The second-order valence-corrected chi connectivity index (χ2v) is 7.27. The number of nitrogens with one attached hydrogen (secondary N) is 1. The third-order valence-electron chi connectivity index (χ3n) is 5.19. The number of aromatic nitrogens is 1. The molecule has 1 N–H and O–H groups in total. The maximum Gasteiger partial charge on any atom is 0.416 e. The molecule has 0 spiro atoms. The number of amides is 1. The Morgan fingerprint density at radius 3 is 2.31 bits per heavy atom. The number of halogens is 3. The first kappa shape index (κ1) is 19.1. The van der Waals surface area contributed by atoms with Crippen LogP contribution in [-0.2, 0) is 11.0 Å². The predicted molar refractivity (Wildman–Crippen MR) is 108 cm³/mol. The first-order chi connectivity index (χ1) is 13.6. The summed E-state index contributed by atoms with van der Waals surface area (Å²) in [6, 6.07) is 13.4.